The Labute approximate surface area is 245 Å². The lowest BCUT2D eigenvalue weighted by molar-refractivity contribution is -0.155. The highest BCUT2D eigenvalue weighted by Gasteiger charge is 2.25. The summed E-state index contributed by atoms with van der Waals surface area (Å²) in [5.41, 5.74) is 11.1. The fraction of sp³-hybridized carbons (Fsp3) is 0.273. The Morgan fingerprint density at radius 2 is 1.93 bits per heavy atom. The Bertz CT molecular complexity index is 1690. The number of hydrogen-bond acceptors (Lipinski definition) is 7. The third kappa shape index (κ3) is 6.04. The Hall–Kier alpha value is -4.94. The van der Waals surface area contributed by atoms with Crippen LogP contribution in [0.2, 0.25) is 0 Å². The molecule has 0 fully saturated rings. The molecule has 3 atom stereocenters. The van der Waals surface area contributed by atoms with Gasteiger partial charge in [0.25, 0.3) is 0 Å². The van der Waals surface area contributed by atoms with Crippen LogP contribution in [0, 0.1) is 17.2 Å². The molecular weight excluding hydrogens is 530 g/mol. The molecule has 0 bridgehead atoms. The third-order valence-electron chi connectivity index (χ3n) is 7.53. The lowest BCUT2D eigenvalue weighted by Gasteiger charge is -2.21. The molecule has 1 amide bonds. The molecule has 2 aromatic carbocycles. The van der Waals surface area contributed by atoms with Crippen LogP contribution in [0.3, 0.4) is 0 Å². The zero-order chi connectivity index (χ0) is 30.6. The minimum absolute atomic E-state index is 0.0235. The number of esters is 1. The van der Waals surface area contributed by atoms with Gasteiger partial charge in [-0.3, -0.25) is 14.2 Å². The number of carbonyl (C=O) groups excluding carboxylic acids is 2. The van der Waals surface area contributed by atoms with E-state index in [9.17, 15) is 14.9 Å². The molecule has 9 heteroatoms. The largest absolute Gasteiger partial charge is 0.497 e. The second-order valence-electron chi connectivity index (χ2n) is 10.2. The van der Waals surface area contributed by atoms with Gasteiger partial charge in [-0.25, -0.2) is 4.98 Å². The molecule has 2 N–H and O–H groups in total. The highest BCUT2D eigenvalue weighted by atomic mass is 16.6. The van der Waals surface area contributed by atoms with Crippen LogP contribution in [-0.4, -0.2) is 41.6 Å². The molecule has 0 aliphatic rings. The van der Waals surface area contributed by atoms with Crippen LogP contribution >= 0.6 is 0 Å². The van der Waals surface area contributed by atoms with Gasteiger partial charge < -0.3 is 20.1 Å². The molecule has 9 nitrogen and oxygen atoms in total. The quantitative estimate of drug-likeness (QED) is 0.189. The second-order valence-corrected chi connectivity index (χ2v) is 10.2. The fourth-order valence-corrected chi connectivity index (χ4v) is 4.67. The summed E-state index contributed by atoms with van der Waals surface area (Å²) in [6.07, 6.45) is 4.91. The van der Waals surface area contributed by atoms with E-state index in [-0.39, 0.29) is 11.8 Å². The van der Waals surface area contributed by atoms with E-state index in [1.807, 2.05) is 50.4 Å². The molecule has 4 rings (SSSR count). The van der Waals surface area contributed by atoms with Gasteiger partial charge in [0, 0.05) is 47.7 Å². The van der Waals surface area contributed by atoms with Gasteiger partial charge in [0.2, 0.25) is 5.91 Å². The summed E-state index contributed by atoms with van der Waals surface area (Å²) >= 11 is 0. The van der Waals surface area contributed by atoms with Gasteiger partial charge in [-0.15, -0.1) is 0 Å². The van der Waals surface area contributed by atoms with Gasteiger partial charge in [-0.05, 0) is 60.4 Å². The molecule has 2 heterocycles. The van der Waals surface area contributed by atoms with E-state index in [0.29, 0.717) is 22.6 Å². The summed E-state index contributed by atoms with van der Waals surface area (Å²) in [4.78, 5) is 31.4. The number of benzene rings is 2. The predicted octanol–water partition coefficient (Wildman–Crippen LogP) is 5.83. The molecule has 0 saturated heterocycles. The number of pyridine rings is 1. The van der Waals surface area contributed by atoms with Crippen LogP contribution in [-0.2, 0) is 14.3 Å². The highest BCUT2D eigenvalue weighted by Crippen LogP contribution is 2.37. The molecule has 0 radical (unpaired) electrons. The summed E-state index contributed by atoms with van der Waals surface area (Å²) < 4.78 is 13.1. The number of rotatable bonds is 10. The van der Waals surface area contributed by atoms with E-state index < -0.39 is 18.2 Å². The standard InChI is InChI=1S/C33H35N5O4/c1-7-20(3)31(35)33(40)42-21(4)38-19-29(23-11-9-10-22(12-23)17-34)28-15-25(18-36-32(28)38)24-13-26(16-27(14-24)41-6)37(5)30(39)8-2/h8-16,18-21,31H,2,7,35H2,1,3-6H3. The van der Waals surface area contributed by atoms with Gasteiger partial charge in [0.15, 0.2) is 6.23 Å². The first kappa shape index (κ1) is 30.0. The first-order valence-electron chi connectivity index (χ1n) is 13.7. The number of hydrogen-bond donors (Lipinski definition) is 1. The van der Waals surface area contributed by atoms with Crippen LogP contribution in [0.25, 0.3) is 33.3 Å². The van der Waals surface area contributed by atoms with Crippen LogP contribution < -0.4 is 15.4 Å². The first-order chi connectivity index (χ1) is 20.1. The second kappa shape index (κ2) is 12.7. The van der Waals surface area contributed by atoms with E-state index in [1.165, 1.54) is 11.0 Å². The maximum Gasteiger partial charge on any atom is 0.325 e. The molecule has 3 unspecified atom stereocenters. The Kier molecular flexibility index (Phi) is 9.09. The molecule has 42 heavy (non-hydrogen) atoms. The van der Waals surface area contributed by atoms with E-state index in [2.05, 4.69) is 12.6 Å². The van der Waals surface area contributed by atoms with Gasteiger partial charge in [-0.1, -0.05) is 39.0 Å². The van der Waals surface area contributed by atoms with Crippen molar-refractivity contribution < 1.29 is 19.1 Å². The molecule has 2 aromatic heterocycles. The van der Waals surface area contributed by atoms with Crippen molar-refractivity contribution in [2.24, 2.45) is 11.7 Å². The van der Waals surface area contributed by atoms with Crippen molar-refractivity contribution in [3.63, 3.8) is 0 Å². The molecule has 0 saturated carbocycles. The summed E-state index contributed by atoms with van der Waals surface area (Å²) in [6, 6.07) is 16.2. The van der Waals surface area contributed by atoms with E-state index >= 15 is 0 Å². The number of nitriles is 1. The molecular formula is C33H35N5O4. The third-order valence-corrected chi connectivity index (χ3v) is 7.53. The smallest absolute Gasteiger partial charge is 0.325 e. The number of fused-ring (bicyclic) bond motifs is 1. The van der Waals surface area contributed by atoms with Crippen molar-refractivity contribution in [3.8, 4) is 34.1 Å². The van der Waals surface area contributed by atoms with E-state index in [0.717, 1.165) is 34.1 Å². The zero-order valence-corrected chi connectivity index (χ0v) is 24.5. The van der Waals surface area contributed by atoms with Gasteiger partial charge in [0.05, 0.1) is 18.7 Å². The van der Waals surface area contributed by atoms with Gasteiger partial charge in [-0.2, -0.15) is 5.26 Å². The fourth-order valence-electron chi connectivity index (χ4n) is 4.67. The van der Waals surface area contributed by atoms with Crippen molar-refractivity contribution in [2.75, 3.05) is 19.1 Å². The van der Waals surface area contributed by atoms with Crippen LogP contribution in [0.5, 0.6) is 5.75 Å². The van der Waals surface area contributed by atoms with Gasteiger partial charge >= 0.3 is 5.97 Å². The summed E-state index contributed by atoms with van der Waals surface area (Å²) in [5.74, 6) is -0.185. The molecule has 216 valence electrons. The predicted molar refractivity (Wildman–Crippen MR) is 164 cm³/mol. The minimum atomic E-state index is -0.737. The number of nitrogens with two attached hydrogens (primary N) is 1. The lowest BCUT2D eigenvalue weighted by atomic mass is 10.0. The number of anilines is 1. The molecule has 4 aromatic rings. The molecule has 0 aliphatic heterocycles. The van der Waals surface area contributed by atoms with Crippen molar-refractivity contribution in [1.82, 2.24) is 9.55 Å². The maximum atomic E-state index is 12.8. The zero-order valence-electron chi connectivity index (χ0n) is 24.5. The van der Waals surface area contributed by atoms with E-state index in [1.54, 1.807) is 50.0 Å². The maximum absolute atomic E-state index is 12.8. The van der Waals surface area contributed by atoms with Crippen LogP contribution in [0.15, 0.2) is 73.6 Å². The van der Waals surface area contributed by atoms with Crippen molar-refractivity contribution in [1.29, 1.82) is 5.26 Å². The SMILES string of the molecule is C=CC(=O)N(C)c1cc(OC)cc(-c2cnc3c(c2)c(-c2cccc(C#N)c2)cn3C(C)OC(=O)C(N)C(C)CC)c1. The Balaban J connectivity index is 1.86. The van der Waals surface area contributed by atoms with E-state index in [4.69, 9.17) is 20.2 Å². The summed E-state index contributed by atoms with van der Waals surface area (Å²) in [6.45, 7) is 9.24. The Morgan fingerprint density at radius 3 is 2.60 bits per heavy atom. The number of methoxy groups -OCH3 is 1. The van der Waals surface area contributed by atoms with Crippen molar-refractivity contribution in [3.05, 3.63) is 79.1 Å². The number of carbonyl (C=O) groups is 2. The normalized spacial score (nSPS) is 13.1. The monoisotopic (exact) mass is 565 g/mol. The lowest BCUT2D eigenvalue weighted by Crippen LogP contribution is -2.38. The number of nitrogens with zero attached hydrogens (tertiary/aromatic N) is 4. The summed E-state index contributed by atoms with van der Waals surface area (Å²) in [7, 11) is 3.23. The van der Waals surface area contributed by atoms with Crippen molar-refractivity contribution >= 4 is 28.6 Å². The van der Waals surface area contributed by atoms with Crippen molar-refractivity contribution in [2.45, 2.75) is 39.5 Å². The number of ether oxygens (including phenoxy) is 2. The van der Waals surface area contributed by atoms with Crippen LogP contribution in [0.4, 0.5) is 5.69 Å². The highest BCUT2D eigenvalue weighted by molar-refractivity contribution is 6.01. The average Bonchev–Trinajstić information content (AvgIpc) is 3.42. The van der Waals surface area contributed by atoms with Crippen LogP contribution in [0.1, 0.15) is 39.0 Å². The number of likely N-dealkylation sites (N-methyl/N-ethyl adjacent to an activating group) is 1. The molecule has 0 spiro atoms. The average molecular weight is 566 g/mol. The number of amides is 1. The number of aromatic nitrogens is 2. The van der Waals surface area contributed by atoms with Gasteiger partial charge in [0.1, 0.15) is 17.4 Å². The summed E-state index contributed by atoms with van der Waals surface area (Å²) in [5, 5.41) is 10.3. The first-order valence-corrected chi connectivity index (χ1v) is 13.7. The Morgan fingerprint density at radius 1 is 1.17 bits per heavy atom. The molecule has 0 aliphatic carbocycles. The minimum Gasteiger partial charge on any atom is -0.497 e. The topological polar surface area (TPSA) is 123 Å².